The number of aliphatic hydroxyl groups excluding tert-OH is 1. The maximum absolute atomic E-state index is 15.5. The van der Waals surface area contributed by atoms with Gasteiger partial charge in [0, 0.05) is 57.6 Å². The van der Waals surface area contributed by atoms with Crippen molar-refractivity contribution in [3.05, 3.63) is 62.4 Å². The second-order valence-corrected chi connectivity index (χ2v) is 23.6. The van der Waals surface area contributed by atoms with E-state index in [0.29, 0.717) is 89.5 Å². The fraction of sp³-hybridized carbons (Fsp3) is 0.611. The van der Waals surface area contributed by atoms with E-state index in [1.54, 1.807) is 22.3 Å². The minimum Gasteiger partial charge on any atom is -0.444 e. The van der Waals surface area contributed by atoms with Gasteiger partial charge < -0.3 is 64.3 Å². The van der Waals surface area contributed by atoms with Crippen molar-refractivity contribution in [3.63, 3.8) is 0 Å². The molecule has 0 aliphatic carbocycles. The number of aromatic nitrogens is 3. The number of rotatable bonds is 26. The largest absolute Gasteiger partial charge is 0.444 e. The number of anilines is 2. The van der Waals surface area contributed by atoms with Crippen LogP contribution < -0.4 is 20.9 Å². The summed E-state index contributed by atoms with van der Waals surface area (Å²) in [4.78, 5) is 75.3. The van der Waals surface area contributed by atoms with Gasteiger partial charge in [0.15, 0.2) is 5.82 Å². The number of fused-ring (bicyclic) bond motifs is 1. The number of aryl methyl sites for hydroxylation is 1. The number of halogens is 3. The van der Waals surface area contributed by atoms with Crippen LogP contribution in [-0.2, 0) is 38.1 Å². The molecule has 0 unspecified atom stereocenters. The number of ether oxygens (including phenoxy) is 5. The Labute approximate surface area is 474 Å². The summed E-state index contributed by atoms with van der Waals surface area (Å²) in [6.07, 6.45) is -0.422. The van der Waals surface area contributed by atoms with E-state index in [2.05, 4.69) is 46.7 Å². The number of benzene rings is 2. The summed E-state index contributed by atoms with van der Waals surface area (Å²) in [6, 6.07) is 7.31. The van der Waals surface area contributed by atoms with Gasteiger partial charge in [-0.05, 0) is 93.2 Å². The van der Waals surface area contributed by atoms with Gasteiger partial charge in [0.1, 0.15) is 35.6 Å². The Hall–Kier alpha value is -4.85. The number of thiazole rings is 1. The lowest BCUT2D eigenvalue weighted by Gasteiger charge is -2.36. The summed E-state index contributed by atoms with van der Waals surface area (Å²) in [5, 5.41) is 20.4. The van der Waals surface area contributed by atoms with Crippen LogP contribution in [0.15, 0.2) is 40.3 Å². The van der Waals surface area contributed by atoms with Crippen molar-refractivity contribution in [3.8, 4) is 10.4 Å². The lowest BCUT2D eigenvalue weighted by Crippen LogP contribution is -2.58. The number of amides is 4. The smallest absolute Gasteiger partial charge is 0.410 e. The van der Waals surface area contributed by atoms with E-state index in [1.165, 1.54) is 4.90 Å². The monoisotopic (exact) mass is 1190 g/mol. The molecule has 4 amide bonds. The average molecular weight is 1190 g/mol. The number of likely N-dealkylation sites (N-methyl/N-ethyl adjacent to an activating group) is 1. The van der Waals surface area contributed by atoms with Gasteiger partial charge in [-0.3, -0.25) is 14.4 Å². The van der Waals surface area contributed by atoms with Crippen LogP contribution in [0.25, 0.3) is 21.3 Å². The molecule has 2 fully saturated rings. The number of carbonyl (C=O) groups excluding carboxylic acids is 4. The molecule has 2 aliphatic heterocycles. The van der Waals surface area contributed by atoms with Crippen LogP contribution in [0, 0.1) is 18.2 Å². The van der Waals surface area contributed by atoms with Crippen molar-refractivity contribution in [2.24, 2.45) is 5.41 Å². The quantitative estimate of drug-likeness (QED) is 0.0373. The van der Waals surface area contributed by atoms with E-state index < -0.39 is 46.8 Å². The van der Waals surface area contributed by atoms with Gasteiger partial charge >= 0.3 is 6.09 Å². The standard InChI is InChI=1S/C54H77BrClFN10O10S/c1-34(36-11-13-37(14-12-36)46-35(2)59-33-78-46)60-49(70)41-29-38(68)31-67(41)50(71)47(53(3,4)5)61-42(69)32-76-28-27-75-26-25-74-24-23-73-22-21-64(9)16-10-15-58-51-62-45-39(30-40(56)43(55)44(45)57)48(63-51)65-17-19-66(20-18-65)52(72)77-54(6,7)8/h11-14,30,33-34,38,41,47,68H,10,15-29,31-32H2,1-9H3,(H,60,70)(H,61,69)(H,58,62,63)/t34-,38+,41-,47+/m0/s1. The predicted molar refractivity (Wildman–Crippen MR) is 302 cm³/mol. The van der Waals surface area contributed by atoms with Crippen molar-refractivity contribution < 1.29 is 52.4 Å². The predicted octanol–water partition coefficient (Wildman–Crippen LogP) is 6.84. The van der Waals surface area contributed by atoms with Gasteiger partial charge in [-0.2, -0.15) is 4.98 Å². The van der Waals surface area contributed by atoms with E-state index >= 15 is 4.39 Å². The highest BCUT2D eigenvalue weighted by Crippen LogP contribution is 2.37. The zero-order valence-electron chi connectivity index (χ0n) is 46.3. The molecule has 2 aliphatic rings. The number of piperazine rings is 1. The third-order valence-electron chi connectivity index (χ3n) is 13.1. The topological polar surface area (TPSA) is 222 Å². The third kappa shape index (κ3) is 18.1. The van der Waals surface area contributed by atoms with Crippen LogP contribution in [0.1, 0.15) is 78.6 Å². The van der Waals surface area contributed by atoms with E-state index in [9.17, 15) is 24.3 Å². The zero-order valence-corrected chi connectivity index (χ0v) is 49.5. The van der Waals surface area contributed by atoms with Gasteiger partial charge in [0.05, 0.1) is 84.0 Å². The van der Waals surface area contributed by atoms with Gasteiger partial charge in [-0.15, -0.1) is 11.3 Å². The van der Waals surface area contributed by atoms with E-state index in [1.807, 2.05) is 97.1 Å². The molecule has 0 spiro atoms. The van der Waals surface area contributed by atoms with Crippen molar-refractivity contribution in [1.29, 1.82) is 0 Å². The first-order valence-corrected chi connectivity index (χ1v) is 28.5. The van der Waals surface area contributed by atoms with Crippen LogP contribution in [0.2, 0.25) is 5.02 Å². The van der Waals surface area contributed by atoms with E-state index in [0.717, 1.165) is 34.7 Å². The summed E-state index contributed by atoms with van der Waals surface area (Å²) < 4.78 is 43.7. The Morgan fingerprint density at radius 3 is 2.18 bits per heavy atom. The van der Waals surface area contributed by atoms with Crippen LogP contribution in [-0.4, -0.2) is 195 Å². The molecule has 4 heterocycles. The summed E-state index contributed by atoms with van der Waals surface area (Å²) in [5.74, 6) is -1.08. The number of likely N-dealkylation sites (tertiary alicyclic amines) is 1. The summed E-state index contributed by atoms with van der Waals surface area (Å²) >= 11 is 11.2. The molecular weight excluding hydrogens is 1120 g/mol. The number of nitrogens with one attached hydrogen (secondary N) is 3. The number of aliphatic hydroxyl groups is 1. The Morgan fingerprint density at radius 2 is 1.56 bits per heavy atom. The highest BCUT2D eigenvalue weighted by atomic mass is 79.9. The van der Waals surface area contributed by atoms with Gasteiger partial charge in [0.25, 0.3) is 0 Å². The molecule has 4 aromatic rings. The first-order chi connectivity index (χ1) is 37.0. The van der Waals surface area contributed by atoms with E-state index in [-0.39, 0.29) is 65.8 Å². The van der Waals surface area contributed by atoms with Crippen molar-refractivity contribution in [2.75, 3.05) is 122 Å². The minimum absolute atomic E-state index is 0.0305. The van der Waals surface area contributed by atoms with Crippen LogP contribution in [0.4, 0.5) is 21.0 Å². The van der Waals surface area contributed by atoms with Gasteiger partial charge in [-0.25, -0.2) is 19.2 Å². The number of carbonyl (C=O) groups is 4. The molecule has 24 heteroatoms. The van der Waals surface area contributed by atoms with Crippen molar-refractivity contribution in [1.82, 2.24) is 40.3 Å². The fourth-order valence-corrected chi connectivity index (χ4v) is 10.1. The first-order valence-electron chi connectivity index (χ1n) is 26.4. The Morgan fingerprint density at radius 1 is 0.923 bits per heavy atom. The molecule has 0 bridgehead atoms. The highest BCUT2D eigenvalue weighted by molar-refractivity contribution is 9.10. The maximum Gasteiger partial charge on any atom is 0.410 e. The molecule has 4 atom stereocenters. The van der Waals surface area contributed by atoms with Crippen LogP contribution in [0.5, 0.6) is 0 Å². The highest BCUT2D eigenvalue weighted by Gasteiger charge is 2.45. The lowest BCUT2D eigenvalue weighted by molar-refractivity contribution is -0.144. The molecule has 6 rings (SSSR count). The minimum atomic E-state index is -0.982. The molecule has 2 aromatic heterocycles. The molecule has 78 heavy (non-hydrogen) atoms. The molecule has 2 aromatic carbocycles. The Kier molecular flexibility index (Phi) is 23.2. The molecule has 0 saturated carbocycles. The molecule has 20 nitrogen and oxygen atoms in total. The maximum atomic E-state index is 15.5. The number of nitrogens with zero attached hydrogens (tertiary/aromatic N) is 7. The normalized spacial score (nSPS) is 16.9. The molecule has 2 saturated heterocycles. The third-order valence-corrected chi connectivity index (χ3v) is 15.3. The summed E-state index contributed by atoms with van der Waals surface area (Å²) in [6.45, 7) is 20.6. The fourth-order valence-electron chi connectivity index (χ4n) is 8.83. The lowest BCUT2D eigenvalue weighted by atomic mass is 9.85. The SMILES string of the molecule is Cc1ncsc1-c1ccc([C@H](C)NC(=O)[C@@H]2C[C@@H](O)CN2C(=O)[C@@H](NC(=O)COCCOCCOCCOCCN(C)CCCNc2nc(N3CCN(C(=O)OC(C)(C)C)CC3)c3cc(Cl)c(Br)c(F)c3n2)C(C)(C)C)cc1. The first kappa shape index (κ1) is 62.3. The molecule has 4 N–H and O–H groups in total. The molecule has 430 valence electrons. The number of hydrogen-bond donors (Lipinski definition) is 4. The van der Waals surface area contributed by atoms with E-state index in [4.69, 9.17) is 40.3 Å². The van der Waals surface area contributed by atoms with Crippen LogP contribution in [0.3, 0.4) is 0 Å². The summed E-state index contributed by atoms with van der Waals surface area (Å²) in [5.41, 5.74) is 3.52. The summed E-state index contributed by atoms with van der Waals surface area (Å²) in [7, 11) is 2.00. The van der Waals surface area contributed by atoms with Crippen molar-refractivity contribution >= 4 is 85.4 Å². The average Bonchev–Trinajstić information content (AvgIpc) is 4.07. The molecular formula is C54H77BrClFN10O10S. The Balaban J connectivity index is 0.810. The van der Waals surface area contributed by atoms with Crippen molar-refractivity contribution in [2.45, 2.75) is 98.1 Å². The van der Waals surface area contributed by atoms with Gasteiger partial charge in [-0.1, -0.05) is 56.6 Å². The second kappa shape index (κ2) is 29.0. The second-order valence-electron chi connectivity index (χ2n) is 21.6. The number of hydrogen-bond acceptors (Lipinski definition) is 17. The number of β-amino-alcohol motifs (C(OH)–C–C–N with tert-alkyl or cyclic N) is 1. The van der Waals surface area contributed by atoms with Crippen LogP contribution >= 0.6 is 38.9 Å². The molecule has 0 radical (unpaired) electrons. The Bertz CT molecular complexity index is 2640. The van der Waals surface area contributed by atoms with Gasteiger partial charge in [0.2, 0.25) is 23.7 Å². The zero-order chi connectivity index (χ0) is 56.7.